The molecule has 3 unspecified atom stereocenters. The zero-order chi connectivity index (χ0) is 20.4. The average Bonchev–Trinajstić information content (AvgIpc) is 2.76. The van der Waals surface area contributed by atoms with E-state index in [9.17, 15) is 4.79 Å². The van der Waals surface area contributed by atoms with Gasteiger partial charge >= 0.3 is 0 Å². The molecule has 3 atom stereocenters. The predicted molar refractivity (Wildman–Crippen MR) is 112 cm³/mol. The Morgan fingerprint density at radius 3 is 2.76 bits per heavy atom. The Morgan fingerprint density at radius 1 is 1.24 bits per heavy atom. The molecule has 0 aromatic heterocycles. The van der Waals surface area contributed by atoms with Gasteiger partial charge in [0.25, 0.3) is 5.91 Å². The van der Waals surface area contributed by atoms with Crippen LogP contribution in [0.3, 0.4) is 0 Å². The minimum Gasteiger partial charge on any atom is -0.493 e. The van der Waals surface area contributed by atoms with Crippen molar-refractivity contribution in [1.82, 2.24) is 10.2 Å². The van der Waals surface area contributed by atoms with Crippen LogP contribution >= 0.6 is 0 Å². The fourth-order valence-corrected chi connectivity index (χ4v) is 4.61. The first-order chi connectivity index (χ1) is 14.1. The van der Waals surface area contributed by atoms with Gasteiger partial charge in [0.05, 0.1) is 7.11 Å². The van der Waals surface area contributed by atoms with Crippen molar-refractivity contribution in [3.05, 3.63) is 59.2 Å². The predicted octanol–water partition coefficient (Wildman–Crippen LogP) is 2.23. The Bertz CT molecular complexity index is 871. The highest BCUT2D eigenvalue weighted by Crippen LogP contribution is 2.44. The Labute approximate surface area is 172 Å². The van der Waals surface area contributed by atoms with Gasteiger partial charge < -0.3 is 20.5 Å². The van der Waals surface area contributed by atoms with Gasteiger partial charge in [-0.2, -0.15) is 0 Å². The van der Waals surface area contributed by atoms with Crippen molar-refractivity contribution in [1.29, 1.82) is 0 Å². The topological polar surface area (TPSA) is 76.8 Å². The van der Waals surface area contributed by atoms with Crippen LogP contribution in [0.2, 0.25) is 0 Å². The van der Waals surface area contributed by atoms with Gasteiger partial charge in [0.2, 0.25) is 0 Å². The molecule has 154 valence electrons. The minimum atomic E-state index is -0.166. The van der Waals surface area contributed by atoms with Crippen molar-refractivity contribution < 1.29 is 14.3 Å². The Balaban J connectivity index is 1.58. The van der Waals surface area contributed by atoms with Gasteiger partial charge in [0.1, 0.15) is 0 Å². The molecule has 4 rings (SSSR count). The first-order valence-electron chi connectivity index (χ1n) is 10.2. The summed E-state index contributed by atoms with van der Waals surface area (Å²) in [4.78, 5) is 14.1. The van der Waals surface area contributed by atoms with E-state index >= 15 is 0 Å². The lowest BCUT2D eigenvalue weighted by molar-refractivity contribution is -0.122. The molecule has 1 fully saturated rings. The number of carbonyl (C=O) groups is 1. The molecule has 2 heterocycles. The second-order valence-corrected chi connectivity index (χ2v) is 7.84. The number of carbonyl (C=O) groups excluding carboxylic acids is 1. The summed E-state index contributed by atoms with van der Waals surface area (Å²) in [6.45, 7) is 1.94. The molecule has 0 spiro atoms. The summed E-state index contributed by atoms with van der Waals surface area (Å²) in [6, 6.07) is 15.1. The summed E-state index contributed by atoms with van der Waals surface area (Å²) >= 11 is 0. The van der Waals surface area contributed by atoms with Crippen LogP contribution in [0.1, 0.15) is 35.1 Å². The molecule has 29 heavy (non-hydrogen) atoms. The highest BCUT2D eigenvalue weighted by atomic mass is 16.5. The number of benzene rings is 2. The second-order valence-electron chi connectivity index (χ2n) is 7.84. The molecule has 0 bridgehead atoms. The van der Waals surface area contributed by atoms with Crippen LogP contribution in [-0.2, 0) is 11.2 Å². The van der Waals surface area contributed by atoms with Crippen LogP contribution in [0.5, 0.6) is 11.5 Å². The maximum atomic E-state index is 11.5. The van der Waals surface area contributed by atoms with E-state index < -0.39 is 0 Å². The van der Waals surface area contributed by atoms with E-state index in [0.29, 0.717) is 17.4 Å². The molecule has 2 aliphatic rings. The molecule has 2 aromatic rings. The Kier molecular flexibility index (Phi) is 5.74. The Morgan fingerprint density at radius 2 is 2.03 bits per heavy atom. The van der Waals surface area contributed by atoms with Crippen molar-refractivity contribution >= 4 is 5.91 Å². The molecule has 0 radical (unpaired) electrons. The number of likely N-dealkylation sites (N-methyl/N-ethyl adjacent to an activating group) is 1. The van der Waals surface area contributed by atoms with Crippen LogP contribution < -0.4 is 20.5 Å². The first kappa shape index (κ1) is 19.7. The van der Waals surface area contributed by atoms with Crippen molar-refractivity contribution in [3.8, 4) is 11.5 Å². The van der Waals surface area contributed by atoms with Crippen molar-refractivity contribution in [3.63, 3.8) is 0 Å². The van der Waals surface area contributed by atoms with E-state index in [1.54, 1.807) is 14.2 Å². The fraction of sp³-hybridized carbons (Fsp3) is 0.435. The van der Waals surface area contributed by atoms with Gasteiger partial charge in [-0.05, 0) is 41.7 Å². The third-order valence-corrected chi connectivity index (χ3v) is 6.20. The zero-order valence-corrected chi connectivity index (χ0v) is 17.1. The van der Waals surface area contributed by atoms with Crippen molar-refractivity contribution in [2.75, 3.05) is 33.9 Å². The molecule has 0 aliphatic carbocycles. The molecule has 0 saturated carbocycles. The zero-order valence-electron chi connectivity index (χ0n) is 17.1. The van der Waals surface area contributed by atoms with E-state index in [-0.39, 0.29) is 24.6 Å². The molecule has 2 aromatic carbocycles. The summed E-state index contributed by atoms with van der Waals surface area (Å²) in [6.07, 6.45) is 1.86. The molecule has 6 heteroatoms. The van der Waals surface area contributed by atoms with Gasteiger partial charge in [0.15, 0.2) is 18.1 Å². The first-order valence-corrected chi connectivity index (χ1v) is 10.2. The van der Waals surface area contributed by atoms with Gasteiger partial charge in [-0.25, -0.2) is 0 Å². The minimum absolute atomic E-state index is 0.0230. The van der Waals surface area contributed by atoms with E-state index in [4.69, 9.17) is 15.2 Å². The number of amides is 1. The molecular formula is C23H29N3O3. The molecule has 2 aliphatic heterocycles. The number of ether oxygens (including phenoxy) is 2. The third kappa shape index (κ3) is 3.95. The number of rotatable bonds is 5. The van der Waals surface area contributed by atoms with Crippen molar-refractivity contribution in [2.45, 2.75) is 30.8 Å². The smallest absolute Gasteiger partial charge is 0.257 e. The number of nitrogens with zero attached hydrogens (tertiary/aromatic N) is 1. The number of methoxy groups -OCH3 is 1. The molecular weight excluding hydrogens is 366 g/mol. The highest BCUT2D eigenvalue weighted by molar-refractivity contribution is 5.77. The van der Waals surface area contributed by atoms with Crippen LogP contribution in [0.25, 0.3) is 0 Å². The normalized spacial score (nSPS) is 23.6. The van der Waals surface area contributed by atoms with E-state index in [1.165, 1.54) is 16.7 Å². The van der Waals surface area contributed by atoms with Crippen LogP contribution in [0, 0.1) is 0 Å². The summed E-state index contributed by atoms with van der Waals surface area (Å²) < 4.78 is 11.3. The lowest BCUT2D eigenvalue weighted by Crippen LogP contribution is -2.49. The summed E-state index contributed by atoms with van der Waals surface area (Å²) in [5, 5.41) is 2.57. The van der Waals surface area contributed by atoms with Crippen LogP contribution in [0.4, 0.5) is 0 Å². The summed E-state index contributed by atoms with van der Waals surface area (Å²) in [7, 11) is 3.23. The van der Waals surface area contributed by atoms with Crippen LogP contribution in [-0.4, -0.2) is 50.7 Å². The fourth-order valence-electron chi connectivity index (χ4n) is 4.61. The van der Waals surface area contributed by atoms with Gasteiger partial charge in [-0.15, -0.1) is 0 Å². The van der Waals surface area contributed by atoms with Crippen molar-refractivity contribution in [2.24, 2.45) is 5.73 Å². The lowest BCUT2D eigenvalue weighted by Gasteiger charge is -2.46. The number of nitrogens with two attached hydrogens (primary N) is 1. The number of fused-ring (bicyclic) bond motifs is 3. The number of hydrogen-bond donors (Lipinski definition) is 2. The van der Waals surface area contributed by atoms with Gasteiger partial charge in [-0.1, -0.05) is 30.3 Å². The maximum absolute atomic E-state index is 11.5. The quantitative estimate of drug-likeness (QED) is 0.812. The van der Waals surface area contributed by atoms with Gasteiger partial charge in [0, 0.05) is 38.1 Å². The lowest BCUT2D eigenvalue weighted by atomic mass is 9.78. The number of piperidine rings is 1. The van der Waals surface area contributed by atoms with E-state index in [2.05, 4.69) is 40.5 Å². The second kappa shape index (κ2) is 8.43. The maximum Gasteiger partial charge on any atom is 0.257 e. The SMILES string of the molecule is CNC(=O)COc1cc2c(cc1OC)C1CC(N)C(c3ccccc3)CN1CC2. The van der Waals surface area contributed by atoms with E-state index in [0.717, 1.165) is 25.9 Å². The van der Waals surface area contributed by atoms with Gasteiger partial charge in [-0.3, -0.25) is 9.69 Å². The largest absolute Gasteiger partial charge is 0.493 e. The molecule has 1 saturated heterocycles. The summed E-state index contributed by atoms with van der Waals surface area (Å²) in [5.74, 6) is 1.46. The van der Waals surface area contributed by atoms with Crippen LogP contribution in [0.15, 0.2) is 42.5 Å². The van der Waals surface area contributed by atoms with E-state index in [1.807, 2.05) is 12.1 Å². The Hall–Kier alpha value is -2.57. The summed E-state index contributed by atoms with van der Waals surface area (Å²) in [5.41, 5.74) is 10.5. The average molecular weight is 396 g/mol. The highest BCUT2D eigenvalue weighted by Gasteiger charge is 2.38. The standard InChI is InChI=1S/C23H29N3O3/c1-25-23(27)14-29-22-10-16-8-9-26-13-18(15-6-4-3-5-7-15)19(24)12-20(26)17(16)11-21(22)28-2/h3-7,10-11,18-20H,8-9,12-14,24H2,1-2H3,(H,25,27). The number of nitrogens with one attached hydrogen (secondary N) is 1. The molecule has 3 N–H and O–H groups in total. The molecule has 1 amide bonds. The monoisotopic (exact) mass is 395 g/mol. The third-order valence-electron chi connectivity index (χ3n) is 6.20. The molecule has 6 nitrogen and oxygen atoms in total. The number of hydrogen-bond acceptors (Lipinski definition) is 5.